The van der Waals surface area contributed by atoms with E-state index in [9.17, 15) is 29.4 Å². The third kappa shape index (κ3) is 7.79. The van der Waals surface area contributed by atoms with Gasteiger partial charge in [0.1, 0.15) is 17.4 Å². The monoisotopic (exact) mass is 456 g/mol. The van der Waals surface area contributed by atoms with Crippen molar-refractivity contribution in [2.24, 2.45) is 0 Å². The number of benzene rings is 1. The molecule has 0 saturated carbocycles. The summed E-state index contributed by atoms with van der Waals surface area (Å²) in [6.07, 6.45) is 3.41. The molecule has 1 heterocycles. The number of carboxylic acids is 2. The van der Waals surface area contributed by atoms with Gasteiger partial charge in [-0.3, -0.25) is 9.59 Å². The maximum Gasteiger partial charge on any atom is 0.339 e. The molecule has 9 nitrogen and oxygen atoms in total. The fourth-order valence-electron chi connectivity index (χ4n) is 2.87. The van der Waals surface area contributed by atoms with Gasteiger partial charge in [0, 0.05) is 23.1 Å². The summed E-state index contributed by atoms with van der Waals surface area (Å²) in [4.78, 5) is 46.6. The molecule has 11 heteroatoms. The molecule has 1 aliphatic rings. The number of carboxylic acid groups (broad SMARTS) is 2. The first-order valence-electron chi connectivity index (χ1n) is 9.43. The van der Waals surface area contributed by atoms with Crippen LogP contribution in [0, 0.1) is 0 Å². The SMILES string of the molecule is O=C(CC(NC(=O)CCCCC1CCSS1)C(=O)O)Nc1ccc(O)c(C(=O)O)c1. The van der Waals surface area contributed by atoms with Crippen LogP contribution in [0.15, 0.2) is 18.2 Å². The lowest BCUT2D eigenvalue weighted by atomic mass is 10.1. The maximum absolute atomic E-state index is 12.1. The minimum absolute atomic E-state index is 0.0913. The van der Waals surface area contributed by atoms with E-state index < -0.39 is 47.5 Å². The first kappa shape index (κ1) is 23.9. The van der Waals surface area contributed by atoms with Crippen LogP contribution in [0.5, 0.6) is 5.75 Å². The van der Waals surface area contributed by atoms with Gasteiger partial charge >= 0.3 is 11.9 Å². The lowest BCUT2D eigenvalue weighted by molar-refractivity contribution is -0.143. The quantitative estimate of drug-likeness (QED) is 0.192. The predicted molar refractivity (Wildman–Crippen MR) is 115 cm³/mol. The van der Waals surface area contributed by atoms with Crippen molar-refractivity contribution in [1.82, 2.24) is 5.32 Å². The summed E-state index contributed by atoms with van der Waals surface area (Å²) in [5.41, 5.74) is -0.306. The molecule has 0 aromatic heterocycles. The molecule has 0 radical (unpaired) electrons. The smallest absolute Gasteiger partial charge is 0.339 e. The van der Waals surface area contributed by atoms with Crippen molar-refractivity contribution in [3.63, 3.8) is 0 Å². The Hall–Kier alpha value is -2.40. The van der Waals surface area contributed by atoms with Crippen molar-refractivity contribution in [2.45, 2.75) is 49.8 Å². The summed E-state index contributed by atoms with van der Waals surface area (Å²) in [5, 5.41) is 33.1. The van der Waals surface area contributed by atoms with Crippen molar-refractivity contribution >= 4 is 51.0 Å². The van der Waals surface area contributed by atoms with E-state index in [2.05, 4.69) is 10.6 Å². The van der Waals surface area contributed by atoms with Crippen molar-refractivity contribution < 1.29 is 34.5 Å². The third-order valence-corrected chi connectivity index (χ3v) is 7.45. The zero-order valence-electron chi connectivity index (χ0n) is 16.1. The summed E-state index contributed by atoms with van der Waals surface area (Å²) in [7, 11) is 3.73. The number of aliphatic carboxylic acids is 1. The standard InChI is InChI=1S/C19H24N2O7S2/c22-15-6-5-11(9-13(15)18(25)26)20-17(24)10-14(19(27)28)21-16(23)4-2-1-3-12-7-8-29-30-12/h5-6,9,12,14,22H,1-4,7-8,10H2,(H,20,24)(H,21,23)(H,25,26)(H,27,28). The zero-order chi connectivity index (χ0) is 22.1. The van der Waals surface area contributed by atoms with E-state index in [0.29, 0.717) is 11.7 Å². The number of aromatic carboxylic acids is 1. The lowest BCUT2D eigenvalue weighted by Gasteiger charge is -2.15. The number of rotatable bonds is 11. The number of nitrogens with one attached hydrogen (secondary N) is 2. The number of anilines is 1. The van der Waals surface area contributed by atoms with E-state index in [0.717, 1.165) is 30.7 Å². The Bertz CT molecular complexity index is 797. The molecular formula is C19H24N2O7S2. The van der Waals surface area contributed by atoms with E-state index in [1.807, 2.05) is 21.6 Å². The second-order valence-electron chi connectivity index (χ2n) is 6.82. The highest BCUT2D eigenvalue weighted by Crippen LogP contribution is 2.39. The first-order valence-corrected chi connectivity index (χ1v) is 11.8. The normalized spacial score (nSPS) is 16.6. The van der Waals surface area contributed by atoms with Crippen LogP contribution in [0.2, 0.25) is 0 Å². The number of hydrogen-bond acceptors (Lipinski definition) is 7. The molecule has 0 bridgehead atoms. The van der Waals surface area contributed by atoms with Gasteiger partial charge in [-0.1, -0.05) is 28.0 Å². The van der Waals surface area contributed by atoms with Gasteiger partial charge in [0.05, 0.1) is 6.42 Å². The van der Waals surface area contributed by atoms with Gasteiger partial charge < -0.3 is 26.0 Å². The largest absolute Gasteiger partial charge is 0.507 e. The molecular weight excluding hydrogens is 432 g/mol. The average Bonchev–Trinajstić information content (AvgIpc) is 3.19. The molecule has 164 valence electrons. The minimum atomic E-state index is -1.39. The van der Waals surface area contributed by atoms with Gasteiger partial charge in [-0.05, 0) is 37.5 Å². The molecule has 30 heavy (non-hydrogen) atoms. The molecule has 2 atom stereocenters. The van der Waals surface area contributed by atoms with E-state index in [-0.39, 0.29) is 12.1 Å². The third-order valence-electron chi connectivity index (χ3n) is 4.44. The fourth-order valence-corrected chi connectivity index (χ4v) is 5.90. The van der Waals surface area contributed by atoms with Crippen molar-refractivity contribution in [3.8, 4) is 5.75 Å². The van der Waals surface area contributed by atoms with Crippen LogP contribution in [-0.2, 0) is 14.4 Å². The minimum Gasteiger partial charge on any atom is -0.507 e. The molecule has 1 aromatic carbocycles. The first-order chi connectivity index (χ1) is 14.3. The molecule has 2 unspecified atom stereocenters. The maximum atomic E-state index is 12.1. The number of hydrogen-bond donors (Lipinski definition) is 5. The predicted octanol–water partition coefficient (Wildman–Crippen LogP) is 2.70. The van der Waals surface area contributed by atoms with Crippen LogP contribution < -0.4 is 10.6 Å². The summed E-state index contributed by atoms with van der Waals surface area (Å²) >= 11 is 0. The zero-order valence-corrected chi connectivity index (χ0v) is 17.8. The van der Waals surface area contributed by atoms with Crippen LogP contribution >= 0.6 is 21.6 Å². The Morgan fingerprint density at radius 3 is 2.53 bits per heavy atom. The molecule has 1 fully saturated rings. The van der Waals surface area contributed by atoms with Crippen LogP contribution in [0.4, 0.5) is 5.69 Å². The van der Waals surface area contributed by atoms with Crippen molar-refractivity contribution in [1.29, 1.82) is 0 Å². The number of carbonyl (C=O) groups excluding carboxylic acids is 2. The summed E-state index contributed by atoms with van der Waals surface area (Å²) in [5.74, 6) is -3.15. The Labute approximate surface area is 181 Å². The number of unbranched alkanes of at least 4 members (excludes halogenated alkanes) is 1. The van der Waals surface area contributed by atoms with Gasteiger partial charge in [0.15, 0.2) is 0 Å². The molecule has 1 aliphatic heterocycles. The van der Waals surface area contributed by atoms with Crippen LogP contribution in [-0.4, -0.2) is 56.1 Å². The van der Waals surface area contributed by atoms with Gasteiger partial charge in [0.2, 0.25) is 11.8 Å². The highest BCUT2D eigenvalue weighted by Gasteiger charge is 2.24. The molecule has 1 aromatic rings. The summed E-state index contributed by atoms with van der Waals surface area (Å²) in [6, 6.07) is 2.06. The lowest BCUT2D eigenvalue weighted by Crippen LogP contribution is -2.43. The van der Waals surface area contributed by atoms with E-state index in [1.165, 1.54) is 12.5 Å². The number of phenols is 1. The number of amides is 2. The van der Waals surface area contributed by atoms with E-state index in [4.69, 9.17) is 5.11 Å². The van der Waals surface area contributed by atoms with Crippen LogP contribution in [0.1, 0.15) is 48.9 Å². The van der Waals surface area contributed by atoms with Gasteiger partial charge in [0.25, 0.3) is 0 Å². The second-order valence-corrected chi connectivity index (χ2v) is 9.61. The molecule has 0 aliphatic carbocycles. The van der Waals surface area contributed by atoms with Crippen LogP contribution in [0.25, 0.3) is 0 Å². The highest BCUT2D eigenvalue weighted by atomic mass is 33.1. The Morgan fingerprint density at radius 2 is 1.90 bits per heavy atom. The van der Waals surface area contributed by atoms with E-state index in [1.54, 1.807) is 0 Å². The highest BCUT2D eigenvalue weighted by molar-refractivity contribution is 8.77. The van der Waals surface area contributed by atoms with Crippen LogP contribution in [0.3, 0.4) is 0 Å². The Balaban J connectivity index is 1.80. The number of carbonyl (C=O) groups is 4. The van der Waals surface area contributed by atoms with E-state index >= 15 is 0 Å². The fraction of sp³-hybridized carbons (Fsp3) is 0.474. The van der Waals surface area contributed by atoms with Gasteiger partial charge in [-0.2, -0.15) is 0 Å². The molecule has 2 rings (SSSR count). The Morgan fingerprint density at radius 1 is 1.13 bits per heavy atom. The summed E-state index contributed by atoms with van der Waals surface area (Å²) < 4.78 is 0. The van der Waals surface area contributed by atoms with Crippen molar-refractivity contribution in [2.75, 3.05) is 11.1 Å². The van der Waals surface area contributed by atoms with Gasteiger partial charge in [-0.25, -0.2) is 9.59 Å². The summed E-state index contributed by atoms with van der Waals surface area (Å²) in [6.45, 7) is 0. The van der Waals surface area contributed by atoms with Crippen molar-refractivity contribution in [3.05, 3.63) is 23.8 Å². The average molecular weight is 457 g/mol. The molecule has 0 spiro atoms. The Kier molecular flexibility index (Phi) is 9.31. The molecule has 2 amide bonds. The van der Waals surface area contributed by atoms with Gasteiger partial charge in [-0.15, -0.1) is 0 Å². The molecule has 5 N–H and O–H groups in total. The second kappa shape index (κ2) is 11.7. The molecule has 1 saturated heterocycles. The number of aromatic hydroxyl groups is 1. The topological polar surface area (TPSA) is 153 Å².